The second-order valence-electron chi connectivity index (χ2n) is 5.97. The van der Waals surface area contributed by atoms with Crippen LogP contribution in [0.4, 0.5) is 0 Å². The quantitative estimate of drug-likeness (QED) is 0.372. The summed E-state index contributed by atoms with van der Waals surface area (Å²) in [6, 6.07) is 1.68. The first-order valence-electron chi connectivity index (χ1n) is 6.22. The van der Waals surface area contributed by atoms with Gasteiger partial charge in [-0.25, -0.2) is 0 Å². The van der Waals surface area contributed by atoms with E-state index in [0.29, 0.717) is 0 Å². The number of fused-ring (bicyclic) bond motifs is 3. The van der Waals surface area contributed by atoms with Crippen molar-refractivity contribution in [3.05, 3.63) is 0 Å². The first-order chi connectivity index (χ1) is 6.51. The van der Waals surface area contributed by atoms with Crippen molar-refractivity contribution in [3.63, 3.8) is 0 Å². The van der Waals surface area contributed by atoms with Crippen molar-refractivity contribution in [2.75, 3.05) is 39.3 Å². The van der Waals surface area contributed by atoms with Gasteiger partial charge in [0.15, 0.2) is 0 Å². The van der Waals surface area contributed by atoms with Gasteiger partial charge in [0.1, 0.15) is 39.3 Å². The first-order valence-corrected chi connectivity index (χ1v) is 6.22. The van der Waals surface area contributed by atoms with Gasteiger partial charge in [-0.05, 0) is 27.7 Å². The van der Waals surface area contributed by atoms with Gasteiger partial charge in [-0.3, -0.25) is 0 Å². The number of piperazine rings is 3. The van der Waals surface area contributed by atoms with Crippen LogP contribution in [0.5, 0.6) is 0 Å². The van der Waals surface area contributed by atoms with Crippen molar-refractivity contribution < 1.29 is 79.9 Å². The van der Waals surface area contributed by atoms with Crippen LogP contribution in [0.2, 0.25) is 0 Å². The average molecular weight is 444 g/mol. The molecule has 0 aromatic rings. The van der Waals surface area contributed by atoms with E-state index in [9.17, 15) is 0 Å². The van der Waals surface area contributed by atoms with Crippen molar-refractivity contribution in [2.45, 2.75) is 39.8 Å². The van der Waals surface area contributed by atoms with Crippen LogP contribution in [-0.4, -0.2) is 60.3 Å². The van der Waals surface area contributed by atoms with Crippen LogP contribution < -0.4 is 54.2 Å². The third kappa shape index (κ3) is 5.17. The van der Waals surface area contributed by atoms with Gasteiger partial charge >= 0.3 is 16.8 Å². The van der Waals surface area contributed by atoms with Gasteiger partial charge in [0.25, 0.3) is 0 Å². The molecule has 0 spiro atoms. The number of quaternary nitrogens is 2. The molecule has 0 aromatic heterocycles. The summed E-state index contributed by atoms with van der Waals surface area (Å²) in [6.45, 7) is 18.2. The predicted octanol–water partition coefficient (Wildman–Crippen LogP) is -10.5. The van der Waals surface area contributed by atoms with Gasteiger partial charge in [-0.2, -0.15) is 0 Å². The fraction of sp³-hybridized carbons (Fsp3) is 1.00. The molecule has 1 radical (unpaired) electrons. The molecule has 2 bridgehead atoms. The maximum Gasteiger partial charge on any atom is 2.00 e. The zero-order valence-corrected chi connectivity index (χ0v) is 17.0. The summed E-state index contributed by atoms with van der Waals surface area (Å²) in [5, 5.41) is 0. The molecular formula is C12H26BrCl3CoN2. The summed E-state index contributed by atoms with van der Waals surface area (Å²) in [5.74, 6) is 0. The van der Waals surface area contributed by atoms with E-state index in [4.69, 9.17) is 0 Å². The Hall–Kier alpha value is 1.78. The number of hydrogen-bond acceptors (Lipinski definition) is 0. The molecule has 3 aliphatic heterocycles. The number of rotatable bonds is 2. The Morgan fingerprint density at radius 3 is 0.842 bits per heavy atom. The Bertz CT molecular complexity index is 194. The molecule has 0 aromatic carbocycles. The summed E-state index contributed by atoms with van der Waals surface area (Å²) < 4.78 is 2.82. The molecule has 121 valence electrons. The number of hydrogen-bond donors (Lipinski definition) is 0. The van der Waals surface area contributed by atoms with Gasteiger partial charge in [0.05, 0.1) is 12.1 Å². The van der Waals surface area contributed by atoms with E-state index in [1.165, 1.54) is 48.2 Å². The molecule has 3 rings (SSSR count). The maximum absolute atomic E-state index is 2.40. The molecule has 3 heterocycles. The predicted molar refractivity (Wildman–Crippen MR) is 60.0 cm³/mol. The molecule has 0 saturated carbocycles. The van der Waals surface area contributed by atoms with Crippen molar-refractivity contribution in [1.82, 2.24) is 0 Å². The molecule has 3 saturated heterocycles. The third-order valence-corrected chi connectivity index (χ3v) is 5.16. The fourth-order valence-corrected chi connectivity index (χ4v) is 3.41. The summed E-state index contributed by atoms with van der Waals surface area (Å²) in [6.07, 6.45) is 0. The van der Waals surface area contributed by atoms with Gasteiger partial charge in [-0.15, -0.1) is 0 Å². The molecule has 0 unspecified atom stereocenters. The van der Waals surface area contributed by atoms with Crippen LogP contribution in [0.1, 0.15) is 27.7 Å². The summed E-state index contributed by atoms with van der Waals surface area (Å²) in [7, 11) is 0. The average Bonchev–Trinajstić information content (AvgIpc) is 2.20. The molecular weight excluding hydrogens is 417 g/mol. The SMILES string of the molecule is CC(C)[N+]12CC[N+](C(C)C)(CC1)CC2.[Br-].[Cl-].[Cl-].[Cl-].[Co+2]. The standard InChI is InChI=1S/C12H26N2.BrH.3ClH.Co/c1-11(2)13-5-8-14(9-6-13,10-7-13)12(3)4;;;;;/h11-12H,5-10H2,1-4H3;4*1H;/q+2;;;;;+2/p-4. The first kappa shape index (κ1) is 28.9. The Labute approximate surface area is 158 Å². The van der Waals surface area contributed by atoms with Crippen molar-refractivity contribution in [3.8, 4) is 0 Å². The van der Waals surface area contributed by atoms with Crippen LogP contribution >= 0.6 is 0 Å². The van der Waals surface area contributed by atoms with E-state index in [1.807, 2.05) is 0 Å². The van der Waals surface area contributed by atoms with Gasteiger partial charge in [0, 0.05) is 0 Å². The smallest absolute Gasteiger partial charge is 1.00 e. The summed E-state index contributed by atoms with van der Waals surface area (Å²) in [5.41, 5.74) is 0. The van der Waals surface area contributed by atoms with E-state index in [1.54, 1.807) is 0 Å². The maximum atomic E-state index is 2.40. The Morgan fingerprint density at radius 2 is 0.737 bits per heavy atom. The molecule has 3 aliphatic rings. The zero-order chi connectivity index (χ0) is 10.4. The topological polar surface area (TPSA) is 0 Å². The Kier molecular flexibility index (Phi) is 15.9. The number of halogens is 4. The fourth-order valence-electron chi connectivity index (χ4n) is 3.41. The van der Waals surface area contributed by atoms with Crippen molar-refractivity contribution in [1.29, 1.82) is 0 Å². The van der Waals surface area contributed by atoms with E-state index in [0.717, 1.165) is 12.1 Å². The molecule has 0 amide bonds. The minimum Gasteiger partial charge on any atom is -1.00 e. The van der Waals surface area contributed by atoms with Crippen molar-refractivity contribution >= 4 is 0 Å². The second kappa shape index (κ2) is 10.5. The molecule has 2 nitrogen and oxygen atoms in total. The van der Waals surface area contributed by atoms with Crippen LogP contribution in [0.25, 0.3) is 0 Å². The number of nitrogens with zero attached hydrogens (tertiary/aromatic N) is 2. The molecule has 3 fully saturated rings. The second-order valence-corrected chi connectivity index (χ2v) is 5.97. The largest absolute Gasteiger partial charge is 2.00 e. The molecule has 0 aliphatic carbocycles. The third-order valence-electron chi connectivity index (χ3n) is 5.16. The van der Waals surface area contributed by atoms with Gasteiger partial charge in [0.2, 0.25) is 0 Å². The molecule has 7 heteroatoms. The monoisotopic (exact) mass is 441 g/mol. The van der Waals surface area contributed by atoms with Crippen LogP contribution in [0.3, 0.4) is 0 Å². The minimum absolute atomic E-state index is 0. The van der Waals surface area contributed by atoms with Crippen LogP contribution in [0, 0.1) is 0 Å². The summed E-state index contributed by atoms with van der Waals surface area (Å²) >= 11 is 0. The minimum atomic E-state index is 0. The van der Waals surface area contributed by atoms with E-state index in [2.05, 4.69) is 27.7 Å². The summed E-state index contributed by atoms with van der Waals surface area (Å²) in [4.78, 5) is 0. The molecule has 0 N–H and O–H groups in total. The van der Waals surface area contributed by atoms with Gasteiger partial charge < -0.3 is 63.2 Å². The molecule has 0 atom stereocenters. The van der Waals surface area contributed by atoms with Crippen LogP contribution in [-0.2, 0) is 16.8 Å². The van der Waals surface area contributed by atoms with E-state index < -0.39 is 0 Å². The Morgan fingerprint density at radius 1 is 0.579 bits per heavy atom. The van der Waals surface area contributed by atoms with Crippen LogP contribution in [0.15, 0.2) is 0 Å². The van der Waals surface area contributed by atoms with Gasteiger partial charge in [-0.1, -0.05) is 0 Å². The normalized spacial score (nSPS) is 31.3. The van der Waals surface area contributed by atoms with E-state index in [-0.39, 0.29) is 71.0 Å². The van der Waals surface area contributed by atoms with Crippen molar-refractivity contribution in [2.24, 2.45) is 0 Å². The Balaban J connectivity index is -0.000000225. The van der Waals surface area contributed by atoms with E-state index >= 15 is 0 Å². The molecule has 19 heavy (non-hydrogen) atoms. The zero-order valence-electron chi connectivity index (χ0n) is 12.1.